The van der Waals surface area contributed by atoms with Crippen LogP contribution in [0.15, 0.2) is 0 Å². The topological polar surface area (TPSA) is 52.6 Å². The van der Waals surface area contributed by atoms with Crippen LogP contribution >= 0.6 is 0 Å². The number of hydrogen-bond acceptors (Lipinski definition) is 4. The van der Waals surface area contributed by atoms with Gasteiger partial charge in [0.05, 0.1) is 14.2 Å². The molecular formula is C11H16O4. The lowest BCUT2D eigenvalue weighted by atomic mass is 10.0. The van der Waals surface area contributed by atoms with Gasteiger partial charge in [0.1, 0.15) is 0 Å². The highest BCUT2D eigenvalue weighted by atomic mass is 16.5. The van der Waals surface area contributed by atoms with Crippen LogP contribution in [0.1, 0.15) is 25.7 Å². The molecule has 2 aliphatic carbocycles. The molecule has 2 fully saturated rings. The Kier molecular flexibility index (Phi) is 2.44. The minimum absolute atomic E-state index is 0.158. The van der Waals surface area contributed by atoms with E-state index in [0.717, 1.165) is 25.7 Å². The van der Waals surface area contributed by atoms with Gasteiger partial charge in [-0.3, -0.25) is 9.59 Å². The molecule has 0 amide bonds. The summed E-state index contributed by atoms with van der Waals surface area (Å²) in [5.41, 5.74) is -0.958. The summed E-state index contributed by atoms with van der Waals surface area (Å²) >= 11 is 0. The Morgan fingerprint density at radius 3 is 1.73 bits per heavy atom. The van der Waals surface area contributed by atoms with E-state index < -0.39 is 17.4 Å². The van der Waals surface area contributed by atoms with Crippen molar-refractivity contribution in [2.75, 3.05) is 14.2 Å². The first-order valence-corrected chi connectivity index (χ1v) is 5.36. The molecule has 0 unspecified atom stereocenters. The van der Waals surface area contributed by atoms with E-state index in [1.165, 1.54) is 14.2 Å². The average molecular weight is 212 g/mol. The van der Waals surface area contributed by atoms with Crippen LogP contribution in [0.4, 0.5) is 0 Å². The highest BCUT2D eigenvalue weighted by molar-refractivity contribution is 6.04. The van der Waals surface area contributed by atoms with Gasteiger partial charge in [-0.1, -0.05) is 12.8 Å². The van der Waals surface area contributed by atoms with Gasteiger partial charge < -0.3 is 9.47 Å². The number of esters is 2. The number of methoxy groups -OCH3 is 2. The molecule has 4 nitrogen and oxygen atoms in total. The van der Waals surface area contributed by atoms with E-state index in [1.54, 1.807) is 0 Å². The predicted octanol–water partition coefficient (Wildman–Crippen LogP) is 1.14. The van der Waals surface area contributed by atoms with Crippen molar-refractivity contribution in [1.82, 2.24) is 0 Å². The molecule has 0 bridgehead atoms. The molecule has 0 aliphatic heterocycles. The van der Waals surface area contributed by atoms with Crippen LogP contribution in [0.2, 0.25) is 0 Å². The maximum atomic E-state index is 11.7. The van der Waals surface area contributed by atoms with Gasteiger partial charge in [-0.15, -0.1) is 0 Å². The van der Waals surface area contributed by atoms with Gasteiger partial charge in [0, 0.05) is 0 Å². The largest absolute Gasteiger partial charge is 0.468 e. The Labute approximate surface area is 88.9 Å². The van der Waals surface area contributed by atoms with Crippen LogP contribution in [0.25, 0.3) is 0 Å². The lowest BCUT2D eigenvalue weighted by Gasteiger charge is -2.12. The number of fused-ring (bicyclic) bond motifs is 1. The molecule has 0 radical (unpaired) electrons. The zero-order valence-electron chi connectivity index (χ0n) is 9.12. The van der Waals surface area contributed by atoms with Crippen molar-refractivity contribution in [3.05, 3.63) is 0 Å². The predicted molar refractivity (Wildman–Crippen MR) is 51.9 cm³/mol. The molecule has 4 heteroatoms. The first-order chi connectivity index (χ1) is 7.19. The lowest BCUT2D eigenvalue weighted by molar-refractivity contribution is -0.162. The molecule has 0 aromatic rings. The number of hydrogen-bond donors (Lipinski definition) is 0. The number of rotatable bonds is 2. The van der Waals surface area contributed by atoms with E-state index >= 15 is 0 Å². The van der Waals surface area contributed by atoms with Crippen LogP contribution in [-0.4, -0.2) is 26.2 Å². The van der Waals surface area contributed by atoms with Gasteiger partial charge in [-0.05, 0) is 24.7 Å². The third kappa shape index (κ3) is 1.20. The molecule has 84 valence electrons. The Hall–Kier alpha value is -1.06. The number of ether oxygens (including phenoxy) is 2. The highest BCUT2D eigenvalue weighted by Gasteiger charge is 2.75. The second-order valence-corrected chi connectivity index (χ2v) is 4.35. The fourth-order valence-electron chi connectivity index (χ4n) is 3.15. The molecule has 2 rings (SSSR count). The van der Waals surface area contributed by atoms with E-state index in [0.29, 0.717) is 0 Å². The minimum Gasteiger partial charge on any atom is -0.468 e. The normalized spacial score (nSPS) is 31.3. The van der Waals surface area contributed by atoms with Gasteiger partial charge in [-0.25, -0.2) is 0 Å². The second-order valence-electron chi connectivity index (χ2n) is 4.35. The van der Waals surface area contributed by atoms with Crippen molar-refractivity contribution in [2.45, 2.75) is 25.7 Å². The van der Waals surface area contributed by atoms with Gasteiger partial charge in [0.25, 0.3) is 0 Å². The summed E-state index contributed by atoms with van der Waals surface area (Å²) in [6.45, 7) is 0. The molecule has 2 atom stereocenters. The number of carbonyl (C=O) groups excluding carboxylic acids is 2. The van der Waals surface area contributed by atoms with Crippen molar-refractivity contribution < 1.29 is 19.1 Å². The van der Waals surface area contributed by atoms with E-state index in [9.17, 15) is 9.59 Å². The minimum atomic E-state index is -0.958. The van der Waals surface area contributed by atoms with Crippen molar-refractivity contribution in [2.24, 2.45) is 17.3 Å². The zero-order chi connectivity index (χ0) is 11.1. The average Bonchev–Trinajstić information content (AvgIpc) is 2.97. The first-order valence-electron chi connectivity index (χ1n) is 5.36. The maximum Gasteiger partial charge on any atom is 0.323 e. The van der Waals surface area contributed by atoms with Crippen molar-refractivity contribution in [3.63, 3.8) is 0 Å². The van der Waals surface area contributed by atoms with Crippen LogP contribution < -0.4 is 0 Å². The van der Waals surface area contributed by atoms with E-state index in [1.807, 2.05) is 0 Å². The van der Waals surface area contributed by atoms with Crippen LogP contribution in [-0.2, 0) is 19.1 Å². The summed E-state index contributed by atoms with van der Waals surface area (Å²) in [7, 11) is 2.66. The van der Waals surface area contributed by atoms with Gasteiger partial charge in [0.2, 0.25) is 0 Å². The summed E-state index contributed by atoms with van der Waals surface area (Å²) in [4.78, 5) is 23.5. The lowest BCUT2D eigenvalue weighted by Crippen LogP contribution is -2.31. The standard InChI is InChI=1S/C11H16O4/c1-14-9(12)11(10(13)15-2)7-5-3-4-6-8(7)11/h7-8H,3-6H2,1-2H3/t7-,8+. The third-order valence-corrected chi connectivity index (χ3v) is 3.87. The molecule has 0 aromatic heterocycles. The Morgan fingerprint density at radius 2 is 1.40 bits per heavy atom. The summed E-state index contributed by atoms with van der Waals surface area (Å²) in [6.07, 6.45) is 4.07. The van der Waals surface area contributed by atoms with Gasteiger partial charge >= 0.3 is 11.9 Å². The molecular weight excluding hydrogens is 196 g/mol. The molecule has 0 N–H and O–H groups in total. The second kappa shape index (κ2) is 3.51. The zero-order valence-corrected chi connectivity index (χ0v) is 9.12. The fourth-order valence-corrected chi connectivity index (χ4v) is 3.15. The SMILES string of the molecule is COC(=O)C1(C(=O)OC)[C@@H]2CCCC[C@@H]21. The Bertz CT molecular complexity index is 267. The third-order valence-electron chi connectivity index (χ3n) is 3.87. The van der Waals surface area contributed by atoms with Gasteiger partial charge in [0.15, 0.2) is 5.41 Å². The summed E-state index contributed by atoms with van der Waals surface area (Å²) in [5, 5.41) is 0. The highest BCUT2D eigenvalue weighted by Crippen LogP contribution is 2.66. The monoisotopic (exact) mass is 212 g/mol. The Balaban J connectivity index is 2.26. The molecule has 0 aromatic carbocycles. The van der Waals surface area contributed by atoms with Crippen molar-refractivity contribution in [3.8, 4) is 0 Å². The summed E-state index contributed by atoms with van der Waals surface area (Å²) < 4.78 is 9.51. The quantitative estimate of drug-likeness (QED) is 0.508. The van der Waals surface area contributed by atoms with Gasteiger partial charge in [-0.2, -0.15) is 0 Å². The van der Waals surface area contributed by atoms with E-state index in [-0.39, 0.29) is 11.8 Å². The smallest absolute Gasteiger partial charge is 0.323 e. The summed E-state index contributed by atoms with van der Waals surface area (Å²) in [5.74, 6) is -0.505. The first kappa shape index (κ1) is 10.5. The maximum absolute atomic E-state index is 11.7. The molecule has 0 heterocycles. The Morgan fingerprint density at radius 1 is 1.00 bits per heavy atom. The molecule has 0 saturated heterocycles. The van der Waals surface area contributed by atoms with Crippen LogP contribution in [0.5, 0.6) is 0 Å². The van der Waals surface area contributed by atoms with Crippen molar-refractivity contribution in [1.29, 1.82) is 0 Å². The molecule has 2 aliphatic rings. The molecule has 15 heavy (non-hydrogen) atoms. The van der Waals surface area contributed by atoms with Crippen LogP contribution in [0.3, 0.4) is 0 Å². The van der Waals surface area contributed by atoms with E-state index in [4.69, 9.17) is 9.47 Å². The summed E-state index contributed by atoms with van der Waals surface area (Å²) in [6, 6.07) is 0. The molecule has 2 saturated carbocycles. The fraction of sp³-hybridized carbons (Fsp3) is 0.818. The molecule has 0 spiro atoms. The van der Waals surface area contributed by atoms with Crippen molar-refractivity contribution >= 4 is 11.9 Å². The number of carbonyl (C=O) groups is 2. The van der Waals surface area contributed by atoms with Crippen LogP contribution in [0, 0.1) is 17.3 Å². The van der Waals surface area contributed by atoms with E-state index in [2.05, 4.69) is 0 Å².